The van der Waals surface area contributed by atoms with Gasteiger partial charge in [-0.1, -0.05) is 30.3 Å². The minimum absolute atomic E-state index is 0.0206. The maximum Gasteiger partial charge on any atom is 0.243 e. The van der Waals surface area contributed by atoms with E-state index in [-0.39, 0.29) is 17.9 Å². The van der Waals surface area contributed by atoms with E-state index < -0.39 is 6.04 Å². The van der Waals surface area contributed by atoms with Gasteiger partial charge >= 0.3 is 0 Å². The van der Waals surface area contributed by atoms with Crippen molar-refractivity contribution in [1.29, 1.82) is 5.26 Å². The summed E-state index contributed by atoms with van der Waals surface area (Å²) in [7, 11) is 0. The highest BCUT2D eigenvalue weighted by Crippen LogP contribution is 2.25. The average Bonchev–Trinajstić information content (AvgIpc) is 2.74. The molecule has 162 valence electrons. The summed E-state index contributed by atoms with van der Waals surface area (Å²) in [5.74, 6) is 0.334. The van der Waals surface area contributed by atoms with Gasteiger partial charge in [0.05, 0.1) is 5.56 Å². The number of hydrogen-bond acceptors (Lipinski definition) is 5. The number of hydrogen-bond donors (Lipinski definition) is 2. The smallest absolute Gasteiger partial charge is 0.243 e. The van der Waals surface area contributed by atoms with Crippen molar-refractivity contribution in [3.63, 3.8) is 0 Å². The Hall–Kier alpha value is -3.40. The Morgan fingerprint density at radius 1 is 1.23 bits per heavy atom. The first-order chi connectivity index (χ1) is 14.9. The van der Waals surface area contributed by atoms with E-state index in [2.05, 4.69) is 26.6 Å². The molecule has 1 aromatic carbocycles. The van der Waals surface area contributed by atoms with E-state index in [4.69, 9.17) is 0 Å². The van der Waals surface area contributed by atoms with Crippen LogP contribution in [0.15, 0.2) is 36.4 Å². The molecule has 0 aliphatic carbocycles. The Morgan fingerprint density at radius 2 is 1.90 bits per heavy atom. The first-order valence-electron chi connectivity index (χ1n) is 10.6. The third-order valence-electron chi connectivity index (χ3n) is 5.55. The van der Waals surface area contributed by atoms with Crippen molar-refractivity contribution in [3.8, 4) is 6.07 Å². The van der Waals surface area contributed by atoms with Gasteiger partial charge in [-0.3, -0.25) is 9.59 Å². The molecule has 0 unspecified atom stereocenters. The van der Waals surface area contributed by atoms with Crippen LogP contribution in [0, 0.1) is 25.2 Å². The van der Waals surface area contributed by atoms with Gasteiger partial charge < -0.3 is 15.5 Å². The van der Waals surface area contributed by atoms with E-state index in [1.165, 1.54) is 6.92 Å². The standard InChI is InChI=1S/C24H29N5O2/c1-16-13-17(2)26-23(21(16)15-25)29-11-9-20(10-12-29)28-24(31)22(27-18(3)30)14-19-7-5-4-6-8-19/h4-8,13,20,22H,9-12,14H2,1-3H3,(H,27,30)(H,28,31)/t22-/m1/s1. The Morgan fingerprint density at radius 3 is 2.52 bits per heavy atom. The predicted octanol–water partition coefficient (Wildman–Crippen LogP) is 2.40. The van der Waals surface area contributed by atoms with Crippen molar-refractivity contribution < 1.29 is 9.59 Å². The number of rotatable bonds is 6. The molecule has 31 heavy (non-hydrogen) atoms. The molecule has 2 N–H and O–H groups in total. The molecule has 2 heterocycles. The number of pyridine rings is 1. The van der Waals surface area contributed by atoms with Crippen LogP contribution in [0.1, 0.15) is 42.1 Å². The number of benzene rings is 1. The van der Waals surface area contributed by atoms with E-state index in [9.17, 15) is 14.9 Å². The Kier molecular flexibility index (Phi) is 7.24. The van der Waals surface area contributed by atoms with Crippen molar-refractivity contribution in [2.24, 2.45) is 0 Å². The van der Waals surface area contributed by atoms with Crippen LogP contribution < -0.4 is 15.5 Å². The molecule has 0 bridgehead atoms. The van der Waals surface area contributed by atoms with Crippen LogP contribution in [0.4, 0.5) is 5.82 Å². The fourth-order valence-electron chi connectivity index (χ4n) is 4.03. The van der Waals surface area contributed by atoms with Crippen LogP contribution in [0.25, 0.3) is 0 Å². The number of nitriles is 1. The number of amides is 2. The SMILES string of the molecule is CC(=O)N[C@H](Cc1ccccc1)C(=O)NC1CCN(c2nc(C)cc(C)c2C#N)CC1. The van der Waals surface area contributed by atoms with Crippen molar-refractivity contribution in [2.45, 2.75) is 52.1 Å². The van der Waals surface area contributed by atoms with Gasteiger partial charge in [-0.15, -0.1) is 0 Å². The van der Waals surface area contributed by atoms with Gasteiger partial charge in [0.15, 0.2) is 0 Å². The number of carbonyl (C=O) groups excluding carboxylic acids is 2. The van der Waals surface area contributed by atoms with Gasteiger partial charge in [-0.2, -0.15) is 5.26 Å². The summed E-state index contributed by atoms with van der Waals surface area (Å²) >= 11 is 0. The van der Waals surface area contributed by atoms with Crippen LogP contribution >= 0.6 is 0 Å². The Labute approximate surface area is 183 Å². The number of aromatic nitrogens is 1. The van der Waals surface area contributed by atoms with Gasteiger partial charge in [-0.25, -0.2) is 4.98 Å². The molecule has 1 atom stereocenters. The molecule has 2 aromatic rings. The van der Waals surface area contributed by atoms with Crippen LogP contribution in [0.3, 0.4) is 0 Å². The normalized spacial score (nSPS) is 15.1. The van der Waals surface area contributed by atoms with Gasteiger partial charge in [0, 0.05) is 38.2 Å². The van der Waals surface area contributed by atoms with Gasteiger partial charge in [-0.05, 0) is 43.9 Å². The number of nitrogens with zero attached hydrogens (tertiary/aromatic N) is 3. The summed E-state index contributed by atoms with van der Waals surface area (Å²) in [6.07, 6.45) is 1.95. The maximum atomic E-state index is 12.9. The molecule has 0 radical (unpaired) electrons. The molecule has 0 spiro atoms. The molecule has 1 aromatic heterocycles. The third kappa shape index (κ3) is 5.82. The van der Waals surface area contributed by atoms with Crippen LogP contribution in [-0.2, 0) is 16.0 Å². The molecule has 1 aliphatic heterocycles. The van der Waals surface area contributed by atoms with Gasteiger partial charge in [0.25, 0.3) is 0 Å². The minimum atomic E-state index is -0.607. The molecule has 0 saturated carbocycles. The van der Waals surface area contributed by atoms with E-state index in [1.807, 2.05) is 50.2 Å². The zero-order valence-electron chi connectivity index (χ0n) is 18.3. The summed E-state index contributed by atoms with van der Waals surface area (Å²) in [6, 6.07) is 13.3. The fraction of sp³-hybridized carbons (Fsp3) is 0.417. The average molecular weight is 420 g/mol. The van der Waals surface area contributed by atoms with Crippen LogP contribution in [0.2, 0.25) is 0 Å². The molecular weight excluding hydrogens is 390 g/mol. The van der Waals surface area contributed by atoms with E-state index in [0.717, 1.165) is 35.5 Å². The molecule has 3 rings (SSSR count). The lowest BCUT2D eigenvalue weighted by molar-refractivity contribution is -0.128. The Bertz CT molecular complexity index is 975. The van der Waals surface area contributed by atoms with E-state index in [0.29, 0.717) is 25.1 Å². The third-order valence-corrected chi connectivity index (χ3v) is 5.55. The summed E-state index contributed by atoms with van der Waals surface area (Å²) in [6.45, 7) is 6.70. The van der Waals surface area contributed by atoms with Gasteiger partial charge in [0.2, 0.25) is 11.8 Å². The summed E-state index contributed by atoms with van der Waals surface area (Å²) in [5.41, 5.74) is 3.43. The lowest BCUT2D eigenvalue weighted by Gasteiger charge is -2.34. The zero-order chi connectivity index (χ0) is 22.4. The maximum absolute atomic E-state index is 12.9. The number of carbonyl (C=O) groups is 2. The van der Waals surface area contributed by atoms with Crippen LogP contribution in [-0.4, -0.2) is 42.0 Å². The lowest BCUT2D eigenvalue weighted by atomic mass is 10.0. The van der Waals surface area contributed by atoms with E-state index in [1.54, 1.807) is 0 Å². The highest BCUT2D eigenvalue weighted by atomic mass is 16.2. The second kappa shape index (κ2) is 10.1. The Balaban J connectivity index is 1.62. The zero-order valence-corrected chi connectivity index (χ0v) is 18.3. The van der Waals surface area contributed by atoms with Crippen molar-refractivity contribution >= 4 is 17.6 Å². The summed E-state index contributed by atoms with van der Waals surface area (Å²) < 4.78 is 0. The lowest BCUT2D eigenvalue weighted by Crippen LogP contribution is -2.52. The minimum Gasteiger partial charge on any atom is -0.355 e. The van der Waals surface area contributed by atoms with Crippen molar-refractivity contribution in [3.05, 3.63) is 58.8 Å². The summed E-state index contributed by atoms with van der Waals surface area (Å²) in [5, 5.41) is 15.4. The van der Waals surface area contributed by atoms with E-state index >= 15 is 0 Å². The molecule has 1 fully saturated rings. The molecule has 1 aliphatic rings. The highest BCUT2D eigenvalue weighted by molar-refractivity contribution is 5.87. The number of aryl methyl sites for hydroxylation is 2. The molecule has 2 amide bonds. The fourth-order valence-corrected chi connectivity index (χ4v) is 4.03. The second-order valence-corrected chi connectivity index (χ2v) is 8.10. The molecular formula is C24H29N5O2. The number of piperidine rings is 1. The monoisotopic (exact) mass is 419 g/mol. The van der Waals surface area contributed by atoms with Crippen molar-refractivity contribution in [1.82, 2.24) is 15.6 Å². The topological polar surface area (TPSA) is 98.1 Å². The molecule has 7 heteroatoms. The molecule has 1 saturated heterocycles. The summed E-state index contributed by atoms with van der Waals surface area (Å²) in [4.78, 5) is 31.2. The second-order valence-electron chi connectivity index (χ2n) is 8.10. The number of nitrogens with one attached hydrogen (secondary N) is 2. The molecule has 7 nitrogen and oxygen atoms in total. The van der Waals surface area contributed by atoms with Gasteiger partial charge in [0.1, 0.15) is 17.9 Å². The first kappa shape index (κ1) is 22.3. The highest BCUT2D eigenvalue weighted by Gasteiger charge is 2.27. The van der Waals surface area contributed by atoms with Crippen LogP contribution in [0.5, 0.6) is 0 Å². The van der Waals surface area contributed by atoms with Crippen molar-refractivity contribution in [2.75, 3.05) is 18.0 Å². The first-order valence-corrected chi connectivity index (χ1v) is 10.6. The number of anilines is 1. The largest absolute Gasteiger partial charge is 0.355 e. The quantitative estimate of drug-likeness (QED) is 0.749. The predicted molar refractivity (Wildman–Crippen MR) is 120 cm³/mol.